The van der Waals surface area contributed by atoms with Crippen molar-refractivity contribution in [2.24, 2.45) is 0 Å². The van der Waals surface area contributed by atoms with Gasteiger partial charge in [0.05, 0.1) is 13.2 Å². The summed E-state index contributed by atoms with van der Waals surface area (Å²) in [4.78, 5) is 9.74. The molecule has 3 rings (SSSR count). The molecule has 1 aromatic heterocycles. The van der Waals surface area contributed by atoms with Crippen LogP contribution in [-0.2, 0) is 4.84 Å². The van der Waals surface area contributed by atoms with Crippen LogP contribution in [0.1, 0.15) is 35.9 Å². The molecule has 0 N–H and O–H groups in total. The summed E-state index contributed by atoms with van der Waals surface area (Å²) in [6, 6.07) is 12.2. The highest BCUT2D eigenvalue weighted by Gasteiger charge is 2.32. The predicted molar refractivity (Wildman–Crippen MR) is 89.1 cm³/mol. The Balaban J connectivity index is 1.87. The van der Waals surface area contributed by atoms with Crippen molar-refractivity contribution in [3.05, 3.63) is 63.9 Å². The number of rotatable bonds is 3. The van der Waals surface area contributed by atoms with Crippen LogP contribution in [0.25, 0.3) is 0 Å². The smallest absolute Gasteiger partial charge is 0.133 e. The van der Waals surface area contributed by atoms with E-state index < -0.39 is 0 Å². The van der Waals surface area contributed by atoms with E-state index in [-0.39, 0.29) is 6.04 Å². The topological polar surface area (TPSA) is 25.4 Å². The summed E-state index contributed by atoms with van der Waals surface area (Å²) in [5, 5.41) is 3.31. The van der Waals surface area contributed by atoms with E-state index in [1.54, 1.807) is 13.3 Å². The summed E-state index contributed by atoms with van der Waals surface area (Å²) in [7, 11) is 1.71. The van der Waals surface area contributed by atoms with Gasteiger partial charge in [-0.2, -0.15) is 5.06 Å². The third-order valence-corrected chi connectivity index (χ3v) is 4.84. The van der Waals surface area contributed by atoms with E-state index in [1.807, 2.05) is 29.3 Å². The van der Waals surface area contributed by atoms with Gasteiger partial charge in [-0.3, -0.25) is 0 Å². The third kappa shape index (κ3) is 3.28. The Hall–Kier alpha value is -1.13. The fourth-order valence-electron chi connectivity index (χ4n) is 3.13. The summed E-state index contributed by atoms with van der Waals surface area (Å²) in [5.74, 6) is 0.463. The number of benzene rings is 1. The maximum absolute atomic E-state index is 6.28. The van der Waals surface area contributed by atoms with Crippen LogP contribution < -0.4 is 0 Å². The fraction of sp³-hybridized carbons (Fsp3) is 0.353. The molecular weight excluding hydrogens is 319 g/mol. The molecule has 0 radical (unpaired) electrons. The average molecular weight is 337 g/mol. The highest BCUT2D eigenvalue weighted by atomic mass is 35.5. The number of nitrogens with zero attached hydrogens (tertiary/aromatic N) is 2. The number of aromatic nitrogens is 1. The summed E-state index contributed by atoms with van der Waals surface area (Å²) in [5.41, 5.74) is 2.33. The van der Waals surface area contributed by atoms with Crippen molar-refractivity contribution in [3.8, 4) is 0 Å². The van der Waals surface area contributed by atoms with Crippen LogP contribution >= 0.6 is 23.2 Å². The molecule has 22 heavy (non-hydrogen) atoms. The molecule has 2 heterocycles. The monoisotopic (exact) mass is 336 g/mol. The normalized spacial score (nSPS) is 22.7. The summed E-state index contributed by atoms with van der Waals surface area (Å²) in [6.45, 7) is 0.861. The van der Waals surface area contributed by atoms with Crippen molar-refractivity contribution in [2.75, 3.05) is 13.7 Å². The van der Waals surface area contributed by atoms with E-state index in [0.29, 0.717) is 11.1 Å². The number of pyridine rings is 1. The van der Waals surface area contributed by atoms with Crippen LogP contribution in [0, 0.1) is 0 Å². The lowest BCUT2D eigenvalue weighted by Gasteiger charge is -2.38. The molecule has 0 bridgehead atoms. The Morgan fingerprint density at radius 1 is 1.18 bits per heavy atom. The molecule has 0 spiro atoms. The second kappa shape index (κ2) is 6.97. The van der Waals surface area contributed by atoms with Crippen molar-refractivity contribution in [3.63, 3.8) is 0 Å². The molecule has 1 aliphatic heterocycles. The van der Waals surface area contributed by atoms with Crippen molar-refractivity contribution < 1.29 is 4.84 Å². The number of hydrogen-bond donors (Lipinski definition) is 0. The van der Waals surface area contributed by atoms with Gasteiger partial charge in [-0.1, -0.05) is 41.4 Å². The number of piperidine rings is 1. The lowest BCUT2D eigenvalue weighted by Crippen LogP contribution is -2.35. The van der Waals surface area contributed by atoms with Crippen LogP contribution in [0.15, 0.2) is 42.6 Å². The lowest BCUT2D eigenvalue weighted by molar-refractivity contribution is -0.179. The van der Waals surface area contributed by atoms with E-state index in [2.05, 4.69) is 17.1 Å². The molecule has 1 saturated heterocycles. The van der Waals surface area contributed by atoms with E-state index in [0.717, 1.165) is 30.0 Å². The van der Waals surface area contributed by atoms with Crippen molar-refractivity contribution in [1.82, 2.24) is 10.0 Å². The van der Waals surface area contributed by atoms with Crippen LogP contribution in [0.5, 0.6) is 0 Å². The van der Waals surface area contributed by atoms with Gasteiger partial charge in [0.15, 0.2) is 0 Å². The first-order valence-electron chi connectivity index (χ1n) is 7.35. The molecule has 116 valence electrons. The Morgan fingerprint density at radius 2 is 1.95 bits per heavy atom. The lowest BCUT2D eigenvalue weighted by atomic mass is 9.84. The molecule has 0 amide bonds. The van der Waals surface area contributed by atoms with E-state index >= 15 is 0 Å². The van der Waals surface area contributed by atoms with Crippen molar-refractivity contribution in [2.45, 2.75) is 24.8 Å². The average Bonchev–Trinajstić information content (AvgIpc) is 2.55. The second-order valence-corrected chi connectivity index (χ2v) is 6.29. The zero-order chi connectivity index (χ0) is 15.5. The van der Waals surface area contributed by atoms with Gasteiger partial charge in [-0.05, 0) is 42.5 Å². The molecule has 2 atom stereocenters. The van der Waals surface area contributed by atoms with Gasteiger partial charge in [0.2, 0.25) is 0 Å². The largest absolute Gasteiger partial charge is 0.302 e. The molecule has 2 unspecified atom stereocenters. The molecule has 0 saturated carbocycles. The number of hydrogen-bond acceptors (Lipinski definition) is 3. The molecule has 2 aromatic rings. The SMILES string of the molecule is CON1CCC(c2ccc(Cl)cc2)CC1c1cccnc1Cl. The van der Waals surface area contributed by atoms with Gasteiger partial charge in [0.25, 0.3) is 0 Å². The number of halogens is 2. The van der Waals surface area contributed by atoms with Gasteiger partial charge in [-0.25, -0.2) is 4.98 Å². The van der Waals surface area contributed by atoms with Crippen LogP contribution in [0.2, 0.25) is 10.2 Å². The maximum atomic E-state index is 6.28. The van der Waals surface area contributed by atoms with E-state index in [1.165, 1.54) is 5.56 Å². The van der Waals surface area contributed by atoms with Gasteiger partial charge in [-0.15, -0.1) is 0 Å². The minimum atomic E-state index is 0.112. The first-order chi connectivity index (χ1) is 10.7. The summed E-state index contributed by atoms with van der Waals surface area (Å²) >= 11 is 12.3. The quantitative estimate of drug-likeness (QED) is 0.747. The van der Waals surface area contributed by atoms with E-state index in [9.17, 15) is 0 Å². The van der Waals surface area contributed by atoms with Crippen LogP contribution in [0.4, 0.5) is 0 Å². The van der Waals surface area contributed by atoms with E-state index in [4.69, 9.17) is 28.0 Å². The van der Waals surface area contributed by atoms with Gasteiger partial charge in [0.1, 0.15) is 5.15 Å². The van der Waals surface area contributed by atoms with Gasteiger partial charge < -0.3 is 4.84 Å². The third-order valence-electron chi connectivity index (χ3n) is 4.28. The van der Waals surface area contributed by atoms with Crippen molar-refractivity contribution in [1.29, 1.82) is 0 Å². The molecular formula is C17H18Cl2N2O. The molecule has 0 aliphatic carbocycles. The summed E-state index contributed by atoms with van der Waals surface area (Å²) < 4.78 is 0. The number of hydroxylamine groups is 2. The minimum absolute atomic E-state index is 0.112. The molecule has 1 aromatic carbocycles. The van der Waals surface area contributed by atoms with Crippen LogP contribution in [0.3, 0.4) is 0 Å². The standard InChI is InChI=1S/C17H18Cl2N2O/c1-22-21-10-8-13(12-4-6-14(18)7-5-12)11-16(21)15-3-2-9-20-17(15)19/h2-7,9,13,16H,8,10-11H2,1H3. The minimum Gasteiger partial charge on any atom is -0.302 e. The molecule has 3 nitrogen and oxygen atoms in total. The second-order valence-electron chi connectivity index (χ2n) is 5.50. The zero-order valence-electron chi connectivity index (χ0n) is 12.4. The Morgan fingerprint density at radius 3 is 2.64 bits per heavy atom. The van der Waals surface area contributed by atoms with Crippen molar-refractivity contribution >= 4 is 23.2 Å². The van der Waals surface area contributed by atoms with Gasteiger partial charge in [0, 0.05) is 23.3 Å². The highest BCUT2D eigenvalue weighted by molar-refractivity contribution is 6.30. The Bertz CT molecular complexity index is 633. The van der Waals surface area contributed by atoms with Gasteiger partial charge >= 0.3 is 0 Å². The Labute approximate surface area is 140 Å². The first-order valence-corrected chi connectivity index (χ1v) is 8.11. The maximum Gasteiger partial charge on any atom is 0.133 e. The molecule has 1 fully saturated rings. The first kappa shape index (κ1) is 15.8. The zero-order valence-corrected chi connectivity index (χ0v) is 13.9. The predicted octanol–water partition coefficient (Wildman–Crippen LogP) is 4.87. The molecule has 5 heteroatoms. The Kier molecular flexibility index (Phi) is 4.99. The van der Waals surface area contributed by atoms with Crippen LogP contribution in [-0.4, -0.2) is 23.7 Å². The fourth-order valence-corrected chi connectivity index (χ4v) is 3.50. The highest BCUT2D eigenvalue weighted by Crippen LogP contribution is 2.41. The summed E-state index contributed by atoms with van der Waals surface area (Å²) in [6.07, 6.45) is 3.70. The molecule has 1 aliphatic rings.